The molecule has 1 aromatic rings. The molecule has 28 heavy (non-hydrogen) atoms. The molecule has 0 aliphatic heterocycles. The SMILES string of the molecule is CCC#CC(C)CC.CCC#CC(C)CC.O=C(O)c1ccccc1C(=O)O. The summed E-state index contributed by atoms with van der Waals surface area (Å²) in [7, 11) is 0. The van der Waals surface area contributed by atoms with Crippen LogP contribution in [-0.2, 0) is 0 Å². The fraction of sp³-hybridized carbons (Fsp3) is 0.500. The molecular formula is C24H34O4. The van der Waals surface area contributed by atoms with E-state index in [1.54, 1.807) is 0 Å². The Morgan fingerprint density at radius 1 is 0.786 bits per heavy atom. The Bertz CT molecular complexity index is 638. The van der Waals surface area contributed by atoms with Gasteiger partial charge in [0.05, 0.1) is 11.1 Å². The van der Waals surface area contributed by atoms with Crippen molar-refractivity contribution < 1.29 is 19.8 Å². The zero-order valence-corrected chi connectivity index (χ0v) is 18.0. The van der Waals surface area contributed by atoms with Crippen molar-refractivity contribution in [1.29, 1.82) is 0 Å². The highest BCUT2D eigenvalue weighted by Gasteiger charge is 2.13. The number of hydrogen-bond donors (Lipinski definition) is 2. The van der Waals surface area contributed by atoms with Crippen molar-refractivity contribution in [2.24, 2.45) is 11.8 Å². The topological polar surface area (TPSA) is 74.6 Å². The van der Waals surface area contributed by atoms with Crippen LogP contribution in [0.3, 0.4) is 0 Å². The molecule has 0 spiro atoms. The third kappa shape index (κ3) is 14.4. The lowest BCUT2D eigenvalue weighted by atomic mass is 10.1. The highest BCUT2D eigenvalue weighted by molar-refractivity contribution is 6.01. The predicted molar refractivity (Wildman–Crippen MR) is 115 cm³/mol. The zero-order valence-electron chi connectivity index (χ0n) is 18.0. The van der Waals surface area contributed by atoms with Crippen LogP contribution in [0.15, 0.2) is 24.3 Å². The number of carbonyl (C=O) groups is 2. The van der Waals surface area contributed by atoms with E-state index in [0.717, 1.165) is 12.8 Å². The van der Waals surface area contributed by atoms with Gasteiger partial charge in [0, 0.05) is 24.7 Å². The Morgan fingerprint density at radius 2 is 1.11 bits per heavy atom. The van der Waals surface area contributed by atoms with E-state index in [9.17, 15) is 9.59 Å². The standard InChI is InChI=1S/C8H6O4.2C8H14/c9-7(10)5-3-1-2-4-6(5)8(11)12;2*1-4-6-7-8(3)5-2/h1-4H,(H,9,10)(H,11,12);2*8H,4-5H2,1-3H3. The van der Waals surface area contributed by atoms with E-state index in [1.807, 2.05) is 0 Å². The van der Waals surface area contributed by atoms with Gasteiger partial charge in [-0.25, -0.2) is 9.59 Å². The average molecular weight is 387 g/mol. The van der Waals surface area contributed by atoms with Crippen LogP contribution in [0.2, 0.25) is 0 Å². The molecule has 0 radical (unpaired) electrons. The van der Waals surface area contributed by atoms with Gasteiger partial charge in [-0.2, -0.15) is 0 Å². The highest BCUT2D eigenvalue weighted by Crippen LogP contribution is 2.07. The fourth-order valence-corrected chi connectivity index (χ4v) is 1.61. The smallest absolute Gasteiger partial charge is 0.336 e. The lowest BCUT2D eigenvalue weighted by molar-refractivity contribution is 0.0651. The van der Waals surface area contributed by atoms with Crippen LogP contribution in [0, 0.1) is 35.5 Å². The molecule has 4 heteroatoms. The van der Waals surface area contributed by atoms with Crippen molar-refractivity contribution in [2.45, 2.75) is 67.2 Å². The number of carboxylic acids is 2. The summed E-state index contributed by atoms with van der Waals surface area (Å²) in [5, 5.41) is 17.1. The molecule has 0 amide bonds. The third-order valence-electron chi connectivity index (χ3n) is 3.66. The molecular weight excluding hydrogens is 352 g/mol. The molecule has 2 unspecified atom stereocenters. The summed E-state index contributed by atoms with van der Waals surface area (Å²) in [5.41, 5.74) is -0.380. The van der Waals surface area contributed by atoms with Crippen molar-refractivity contribution in [3.05, 3.63) is 35.4 Å². The van der Waals surface area contributed by atoms with E-state index in [0.29, 0.717) is 11.8 Å². The van der Waals surface area contributed by atoms with Gasteiger partial charge in [-0.15, -0.1) is 23.7 Å². The van der Waals surface area contributed by atoms with E-state index < -0.39 is 11.9 Å². The minimum absolute atomic E-state index is 0.190. The largest absolute Gasteiger partial charge is 0.478 e. The van der Waals surface area contributed by atoms with Crippen LogP contribution in [-0.4, -0.2) is 22.2 Å². The van der Waals surface area contributed by atoms with Crippen LogP contribution in [0.25, 0.3) is 0 Å². The Hall–Kier alpha value is -2.72. The van der Waals surface area contributed by atoms with E-state index in [4.69, 9.17) is 10.2 Å². The van der Waals surface area contributed by atoms with Crippen molar-refractivity contribution in [2.75, 3.05) is 0 Å². The summed E-state index contributed by atoms with van der Waals surface area (Å²) in [4.78, 5) is 20.9. The van der Waals surface area contributed by atoms with Crippen LogP contribution >= 0.6 is 0 Å². The van der Waals surface area contributed by atoms with Crippen molar-refractivity contribution in [1.82, 2.24) is 0 Å². The molecule has 0 heterocycles. The van der Waals surface area contributed by atoms with Gasteiger partial charge in [-0.05, 0) is 25.0 Å². The van der Waals surface area contributed by atoms with Crippen molar-refractivity contribution in [3.8, 4) is 23.7 Å². The fourth-order valence-electron chi connectivity index (χ4n) is 1.61. The second-order valence-corrected chi connectivity index (χ2v) is 6.12. The monoisotopic (exact) mass is 386 g/mol. The van der Waals surface area contributed by atoms with Gasteiger partial charge in [0.1, 0.15) is 0 Å². The number of carboxylic acid groups (broad SMARTS) is 2. The molecule has 0 aliphatic rings. The Morgan fingerprint density at radius 3 is 1.32 bits per heavy atom. The van der Waals surface area contributed by atoms with Gasteiger partial charge < -0.3 is 10.2 Å². The maximum Gasteiger partial charge on any atom is 0.336 e. The quantitative estimate of drug-likeness (QED) is 0.625. The maximum atomic E-state index is 10.5. The average Bonchev–Trinajstić information content (AvgIpc) is 2.70. The Kier molecular flexibility index (Phi) is 17.4. The summed E-state index contributed by atoms with van der Waals surface area (Å²) in [5.74, 6) is 11.1. The second-order valence-electron chi connectivity index (χ2n) is 6.12. The zero-order chi connectivity index (χ0) is 21.9. The molecule has 4 nitrogen and oxygen atoms in total. The van der Waals surface area contributed by atoms with Gasteiger partial charge in [0.25, 0.3) is 0 Å². The van der Waals surface area contributed by atoms with Gasteiger partial charge in [0.15, 0.2) is 0 Å². The first kappa shape index (κ1) is 27.5. The Labute approximate surface area is 170 Å². The number of hydrogen-bond acceptors (Lipinski definition) is 2. The van der Waals surface area contributed by atoms with Crippen molar-refractivity contribution >= 4 is 11.9 Å². The summed E-state index contributed by atoms with van der Waals surface area (Å²) in [6.45, 7) is 12.8. The highest BCUT2D eigenvalue weighted by atomic mass is 16.4. The summed E-state index contributed by atoms with van der Waals surface area (Å²) in [6, 6.07) is 5.48. The summed E-state index contributed by atoms with van der Waals surface area (Å²) < 4.78 is 0. The number of rotatable bonds is 4. The molecule has 1 aromatic carbocycles. The second kappa shape index (κ2) is 17.7. The normalized spacial score (nSPS) is 10.8. The minimum Gasteiger partial charge on any atom is -0.478 e. The van der Waals surface area contributed by atoms with E-state index >= 15 is 0 Å². The van der Waals surface area contributed by atoms with Crippen molar-refractivity contribution in [3.63, 3.8) is 0 Å². The third-order valence-corrected chi connectivity index (χ3v) is 3.66. The van der Waals surface area contributed by atoms with Crippen LogP contribution in [0.4, 0.5) is 0 Å². The molecule has 0 saturated heterocycles. The van der Waals surface area contributed by atoms with Gasteiger partial charge in [0.2, 0.25) is 0 Å². The molecule has 2 atom stereocenters. The molecule has 0 aliphatic carbocycles. The van der Waals surface area contributed by atoms with E-state index in [2.05, 4.69) is 65.2 Å². The summed E-state index contributed by atoms with van der Waals surface area (Å²) >= 11 is 0. The predicted octanol–water partition coefficient (Wildman–Crippen LogP) is 5.97. The lowest BCUT2D eigenvalue weighted by Gasteiger charge is -1.98. The number of aromatic carboxylic acids is 2. The summed E-state index contributed by atoms with van der Waals surface area (Å²) in [6.07, 6.45) is 4.33. The first-order chi connectivity index (χ1) is 13.2. The lowest BCUT2D eigenvalue weighted by Crippen LogP contribution is -2.06. The van der Waals surface area contributed by atoms with Gasteiger partial charge >= 0.3 is 11.9 Å². The molecule has 2 N–H and O–H groups in total. The Balaban J connectivity index is 0. The molecule has 0 fully saturated rings. The number of benzene rings is 1. The van der Waals surface area contributed by atoms with E-state index in [-0.39, 0.29) is 11.1 Å². The molecule has 0 aromatic heterocycles. The molecule has 0 saturated carbocycles. The molecule has 1 rings (SSSR count). The first-order valence-corrected chi connectivity index (χ1v) is 9.77. The van der Waals surface area contributed by atoms with Crippen LogP contribution < -0.4 is 0 Å². The van der Waals surface area contributed by atoms with Gasteiger partial charge in [-0.1, -0.05) is 53.7 Å². The van der Waals surface area contributed by atoms with Crippen LogP contribution in [0.1, 0.15) is 87.9 Å². The first-order valence-electron chi connectivity index (χ1n) is 9.77. The maximum absolute atomic E-state index is 10.5. The minimum atomic E-state index is -1.23. The molecule has 154 valence electrons. The van der Waals surface area contributed by atoms with Gasteiger partial charge in [-0.3, -0.25) is 0 Å². The van der Waals surface area contributed by atoms with E-state index in [1.165, 1.54) is 37.1 Å². The molecule has 0 bridgehead atoms. The van der Waals surface area contributed by atoms with Crippen LogP contribution in [0.5, 0.6) is 0 Å².